The highest BCUT2D eigenvalue weighted by atomic mass is 32.2. The zero-order valence-corrected chi connectivity index (χ0v) is 20.6. The summed E-state index contributed by atoms with van der Waals surface area (Å²) in [6.07, 6.45) is 1.87. The van der Waals surface area contributed by atoms with Gasteiger partial charge in [-0.2, -0.15) is 0 Å². The van der Waals surface area contributed by atoms with Crippen LogP contribution in [0.5, 0.6) is 0 Å². The van der Waals surface area contributed by atoms with Gasteiger partial charge in [-0.1, -0.05) is 12.1 Å². The summed E-state index contributed by atoms with van der Waals surface area (Å²) in [5.41, 5.74) is 5.12. The van der Waals surface area contributed by atoms with Crippen molar-refractivity contribution in [1.29, 1.82) is 0 Å². The van der Waals surface area contributed by atoms with Gasteiger partial charge in [0.1, 0.15) is 0 Å². The summed E-state index contributed by atoms with van der Waals surface area (Å²) in [5.74, 6) is -0.103. The molecule has 4 rings (SSSR count). The lowest BCUT2D eigenvalue weighted by Crippen LogP contribution is -2.49. The molecule has 0 aliphatic carbocycles. The smallest absolute Gasteiger partial charge is 0.240 e. The summed E-state index contributed by atoms with van der Waals surface area (Å²) in [5, 5.41) is 2.81. The molecule has 182 valence electrons. The number of rotatable bonds is 6. The number of carbonyl (C=O) groups is 2. The molecular formula is C25H32N4O4S. The fraction of sp³-hybridized carbons (Fsp3) is 0.440. The van der Waals surface area contributed by atoms with E-state index in [2.05, 4.69) is 47.0 Å². The van der Waals surface area contributed by atoms with E-state index in [9.17, 15) is 18.0 Å². The van der Waals surface area contributed by atoms with Gasteiger partial charge in [-0.3, -0.25) is 9.59 Å². The lowest BCUT2D eigenvalue weighted by molar-refractivity contribution is -0.131. The summed E-state index contributed by atoms with van der Waals surface area (Å²) >= 11 is 0. The maximum absolute atomic E-state index is 12.8. The molecule has 2 heterocycles. The maximum atomic E-state index is 12.8. The maximum Gasteiger partial charge on any atom is 0.240 e. The van der Waals surface area contributed by atoms with Gasteiger partial charge in [-0.05, 0) is 67.6 Å². The summed E-state index contributed by atoms with van der Waals surface area (Å²) in [6, 6.07) is 11.1. The molecule has 2 aromatic carbocycles. The molecule has 2 N–H and O–H groups in total. The van der Waals surface area contributed by atoms with Crippen LogP contribution in [0.1, 0.15) is 36.0 Å². The molecular weight excluding hydrogens is 452 g/mol. The largest absolute Gasteiger partial charge is 0.368 e. The van der Waals surface area contributed by atoms with Crippen molar-refractivity contribution in [3.63, 3.8) is 0 Å². The zero-order valence-electron chi connectivity index (χ0n) is 19.8. The molecule has 0 unspecified atom stereocenters. The van der Waals surface area contributed by atoms with Crippen molar-refractivity contribution in [1.82, 2.24) is 9.62 Å². The van der Waals surface area contributed by atoms with Crippen molar-refractivity contribution < 1.29 is 18.0 Å². The molecule has 0 spiro atoms. The fourth-order valence-corrected chi connectivity index (χ4v) is 5.59. The Morgan fingerprint density at radius 1 is 1.03 bits per heavy atom. The van der Waals surface area contributed by atoms with E-state index in [-0.39, 0.29) is 29.7 Å². The Morgan fingerprint density at radius 3 is 2.56 bits per heavy atom. The van der Waals surface area contributed by atoms with Crippen LogP contribution < -0.4 is 14.9 Å². The summed E-state index contributed by atoms with van der Waals surface area (Å²) in [6.45, 7) is 6.98. The van der Waals surface area contributed by atoms with Crippen molar-refractivity contribution in [2.45, 2.75) is 44.4 Å². The molecule has 2 aromatic rings. The highest BCUT2D eigenvalue weighted by Crippen LogP contribution is 2.25. The monoisotopic (exact) mass is 484 g/mol. The molecule has 2 aliphatic rings. The van der Waals surface area contributed by atoms with Crippen LogP contribution in [-0.4, -0.2) is 57.9 Å². The normalized spacial score (nSPS) is 16.6. The highest BCUT2D eigenvalue weighted by Gasteiger charge is 2.23. The zero-order chi connectivity index (χ0) is 24.3. The van der Waals surface area contributed by atoms with Crippen LogP contribution in [0.4, 0.5) is 11.4 Å². The number of hydrogen-bond acceptors (Lipinski definition) is 5. The van der Waals surface area contributed by atoms with Gasteiger partial charge in [0.2, 0.25) is 21.8 Å². The van der Waals surface area contributed by atoms with Crippen LogP contribution in [0.2, 0.25) is 0 Å². The molecule has 34 heavy (non-hydrogen) atoms. The molecule has 0 bridgehead atoms. The SMILES string of the molecule is Cc1ccc(C)c(N2CCN(C(=O)CCNS(=O)(=O)c3ccc4c(c3)CCCC(=O)N4)CC2)c1. The summed E-state index contributed by atoms with van der Waals surface area (Å²) in [4.78, 5) is 28.6. The summed E-state index contributed by atoms with van der Waals surface area (Å²) < 4.78 is 28.1. The fourth-order valence-electron chi connectivity index (χ4n) is 4.51. The third-order valence-electron chi connectivity index (χ3n) is 6.48. The number of benzene rings is 2. The number of nitrogens with one attached hydrogen (secondary N) is 2. The molecule has 0 saturated carbocycles. The first-order valence-corrected chi connectivity index (χ1v) is 13.2. The number of nitrogens with zero attached hydrogens (tertiary/aromatic N) is 2. The average molecular weight is 485 g/mol. The predicted octanol–water partition coefficient (Wildman–Crippen LogP) is 2.60. The second-order valence-corrected chi connectivity index (χ2v) is 10.8. The van der Waals surface area contributed by atoms with E-state index in [1.165, 1.54) is 22.9 Å². The number of carbonyl (C=O) groups excluding carboxylic acids is 2. The Kier molecular flexibility index (Phi) is 7.23. The van der Waals surface area contributed by atoms with Gasteiger partial charge < -0.3 is 15.1 Å². The lowest BCUT2D eigenvalue weighted by Gasteiger charge is -2.37. The molecule has 2 aliphatic heterocycles. The number of piperazine rings is 1. The van der Waals surface area contributed by atoms with Crippen molar-refractivity contribution in [3.8, 4) is 0 Å². The molecule has 1 fully saturated rings. The predicted molar refractivity (Wildman–Crippen MR) is 133 cm³/mol. The van der Waals surface area contributed by atoms with E-state index in [1.54, 1.807) is 17.0 Å². The van der Waals surface area contributed by atoms with Crippen LogP contribution in [-0.2, 0) is 26.0 Å². The minimum Gasteiger partial charge on any atom is -0.368 e. The van der Waals surface area contributed by atoms with Crippen LogP contribution in [0, 0.1) is 13.8 Å². The molecule has 0 radical (unpaired) electrons. The first-order valence-electron chi connectivity index (χ1n) is 11.8. The first-order chi connectivity index (χ1) is 16.2. The number of hydrogen-bond donors (Lipinski definition) is 2. The van der Waals surface area contributed by atoms with E-state index < -0.39 is 10.0 Å². The van der Waals surface area contributed by atoms with Crippen molar-refractivity contribution in [3.05, 3.63) is 53.1 Å². The molecule has 0 atom stereocenters. The van der Waals surface area contributed by atoms with Crippen molar-refractivity contribution in [2.24, 2.45) is 0 Å². The Labute approximate surface area is 201 Å². The van der Waals surface area contributed by atoms with Gasteiger partial charge in [-0.25, -0.2) is 13.1 Å². The van der Waals surface area contributed by atoms with Gasteiger partial charge in [0.25, 0.3) is 0 Å². The number of aryl methyl sites for hydroxylation is 3. The lowest BCUT2D eigenvalue weighted by atomic mass is 10.1. The van der Waals surface area contributed by atoms with E-state index in [0.717, 1.165) is 18.7 Å². The van der Waals surface area contributed by atoms with Gasteiger partial charge in [0.15, 0.2) is 0 Å². The van der Waals surface area contributed by atoms with Crippen LogP contribution in [0.25, 0.3) is 0 Å². The number of anilines is 2. The molecule has 9 heteroatoms. The van der Waals surface area contributed by atoms with Crippen LogP contribution >= 0.6 is 0 Å². The number of sulfonamides is 1. The van der Waals surface area contributed by atoms with E-state index >= 15 is 0 Å². The van der Waals surface area contributed by atoms with Crippen molar-refractivity contribution in [2.75, 3.05) is 42.9 Å². The molecule has 2 amide bonds. The van der Waals surface area contributed by atoms with Gasteiger partial charge in [0, 0.05) is 56.9 Å². The Hall–Kier alpha value is -2.91. The molecule has 1 saturated heterocycles. The standard InChI is InChI=1S/C25H32N4O4S/c1-18-6-7-19(2)23(16-18)28-12-14-29(15-13-28)25(31)10-11-26-34(32,33)21-8-9-22-20(17-21)4-3-5-24(30)27-22/h6-9,16-17,26H,3-5,10-15H2,1-2H3,(H,27,30). The third-order valence-corrected chi connectivity index (χ3v) is 7.94. The Balaban J connectivity index is 1.29. The average Bonchev–Trinajstić information content (AvgIpc) is 3.00. The quantitative estimate of drug-likeness (QED) is 0.657. The topological polar surface area (TPSA) is 98.8 Å². The molecule has 0 aromatic heterocycles. The Morgan fingerprint density at radius 2 is 1.79 bits per heavy atom. The second kappa shape index (κ2) is 10.1. The van der Waals surface area contributed by atoms with Gasteiger partial charge >= 0.3 is 0 Å². The van der Waals surface area contributed by atoms with Crippen molar-refractivity contribution >= 4 is 33.2 Å². The number of amides is 2. The second-order valence-electron chi connectivity index (χ2n) is 9.03. The van der Waals surface area contributed by atoms with Crippen LogP contribution in [0.15, 0.2) is 41.3 Å². The Bertz CT molecular complexity index is 1190. The minimum absolute atomic E-state index is 0.0478. The van der Waals surface area contributed by atoms with E-state index in [1.807, 2.05) is 0 Å². The molecule has 8 nitrogen and oxygen atoms in total. The minimum atomic E-state index is -3.74. The third kappa shape index (κ3) is 5.59. The summed E-state index contributed by atoms with van der Waals surface area (Å²) in [7, 11) is -3.74. The highest BCUT2D eigenvalue weighted by molar-refractivity contribution is 7.89. The van der Waals surface area contributed by atoms with Crippen LogP contribution in [0.3, 0.4) is 0 Å². The van der Waals surface area contributed by atoms with Gasteiger partial charge in [-0.15, -0.1) is 0 Å². The van der Waals surface area contributed by atoms with E-state index in [4.69, 9.17) is 0 Å². The van der Waals surface area contributed by atoms with E-state index in [0.29, 0.717) is 38.0 Å². The first kappa shape index (κ1) is 24.2. The van der Waals surface area contributed by atoms with Gasteiger partial charge in [0.05, 0.1) is 4.90 Å². The number of fused-ring (bicyclic) bond motifs is 1.